The van der Waals surface area contributed by atoms with E-state index in [-0.39, 0.29) is 12.0 Å². The van der Waals surface area contributed by atoms with Gasteiger partial charge in [0.15, 0.2) is 0 Å². The van der Waals surface area contributed by atoms with Crippen LogP contribution in [0.5, 0.6) is 0 Å². The number of hydrogen-bond donors (Lipinski definition) is 1. The van der Waals surface area contributed by atoms with Gasteiger partial charge in [-0.3, -0.25) is 0 Å². The molecule has 19 heavy (non-hydrogen) atoms. The largest absolute Gasteiger partial charge is 0.416 e. The molecule has 2 atom stereocenters. The Kier molecular flexibility index (Phi) is 4.47. The molecule has 106 valence electrons. The molecule has 1 heterocycles. The highest BCUT2D eigenvalue weighted by Crippen LogP contribution is 2.33. The third-order valence-corrected chi connectivity index (χ3v) is 3.55. The van der Waals surface area contributed by atoms with Gasteiger partial charge in [-0.1, -0.05) is 12.1 Å². The predicted octanol–water partition coefficient (Wildman–Crippen LogP) is 3.39. The lowest BCUT2D eigenvalue weighted by molar-refractivity contribution is -0.137. The zero-order valence-electron chi connectivity index (χ0n) is 10.8. The summed E-state index contributed by atoms with van der Waals surface area (Å²) < 4.78 is 43.6. The minimum atomic E-state index is -4.29. The van der Waals surface area contributed by atoms with Crippen LogP contribution >= 0.6 is 0 Å². The Morgan fingerprint density at radius 2 is 2.16 bits per heavy atom. The summed E-state index contributed by atoms with van der Waals surface area (Å²) in [6.07, 6.45) is -2.36. The van der Waals surface area contributed by atoms with Gasteiger partial charge in [-0.05, 0) is 37.6 Å². The van der Waals surface area contributed by atoms with Crippen molar-refractivity contribution < 1.29 is 17.9 Å². The Balaban J connectivity index is 2.22. The number of nitrogens with one attached hydrogen (secondary N) is 1. The fourth-order valence-corrected chi connectivity index (χ4v) is 2.61. The average Bonchev–Trinajstić information content (AvgIpc) is 2.40. The standard InChI is InChI=1S/C14H18F3NO/c1-18-13(11-5-3-7-19-9-11)10-4-2-6-12(8-10)14(15,16)17/h2,4,6,8,11,13,18H,3,5,7,9H2,1H3. The number of ether oxygens (including phenoxy) is 1. The molecule has 1 aromatic carbocycles. The molecular weight excluding hydrogens is 255 g/mol. The van der Waals surface area contributed by atoms with Crippen molar-refractivity contribution in [2.75, 3.05) is 20.3 Å². The van der Waals surface area contributed by atoms with Gasteiger partial charge in [-0.2, -0.15) is 13.2 Å². The van der Waals surface area contributed by atoms with Gasteiger partial charge in [-0.25, -0.2) is 0 Å². The summed E-state index contributed by atoms with van der Waals surface area (Å²) in [6, 6.07) is 5.45. The molecule has 0 aliphatic carbocycles. The Morgan fingerprint density at radius 3 is 2.74 bits per heavy atom. The molecule has 0 aromatic heterocycles. The van der Waals surface area contributed by atoms with Crippen molar-refractivity contribution in [2.45, 2.75) is 25.1 Å². The molecule has 2 nitrogen and oxygen atoms in total. The Bertz CT molecular complexity index is 413. The van der Waals surface area contributed by atoms with Gasteiger partial charge in [0.1, 0.15) is 0 Å². The molecule has 0 saturated carbocycles. The van der Waals surface area contributed by atoms with Crippen LogP contribution < -0.4 is 5.32 Å². The number of hydrogen-bond acceptors (Lipinski definition) is 2. The van der Waals surface area contributed by atoms with Gasteiger partial charge in [0.05, 0.1) is 12.2 Å². The summed E-state index contributed by atoms with van der Waals surface area (Å²) in [4.78, 5) is 0. The van der Waals surface area contributed by atoms with Crippen molar-refractivity contribution >= 4 is 0 Å². The first-order valence-corrected chi connectivity index (χ1v) is 6.44. The van der Waals surface area contributed by atoms with Crippen LogP contribution in [0, 0.1) is 5.92 Å². The minimum Gasteiger partial charge on any atom is -0.381 e. The second kappa shape index (κ2) is 5.92. The van der Waals surface area contributed by atoms with Crippen molar-refractivity contribution in [3.63, 3.8) is 0 Å². The Morgan fingerprint density at radius 1 is 1.37 bits per heavy atom. The molecule has 0 bridgehead atoms. The summed E-state index contributed by atoms with van der Waals surface area (Å²) in [5.74, 6) is 0.224. The number of benzene rings is 1. The smallest absolute Gasteiger partial charge is 0.381 e. The fraction of sp³-hybridized carbons (Fsp3) is 0.571. The topological polar surface area (TPSA) is 21.3 Å². The van der Waals surface area contributed by atoms with E-state index in [2.05, 4.69) is 5.32 Å². The molecule has 1 aliphatic rings. The monoisotopic (exact) mass is 273 g/mol. The van der Waals surface area contributed by atoms with E-state index in [1.54, 1.807) is 13.1 Å². The predicted molar refractivity (Wildman–Crippen MR) is 66.8 cm³/mol. The zero-order valence-corrected chi connectivity index (χ0v) is 10.8. The van der Waals surface area contributed by atoms with E-state index >= 15 is 0 Å². The lowest BCUT2D eigenvalue weighted by atomic mass is 9.88. The average molecular weight is 273 g/mol. The molecule has 1 fully saturated rings. The van der Waals surface area contributed by atoms with Gasteiger partial charge in [0, 0.05) is 18.6 Å². The van der Waals surface area contributed by atoms with Crippen molar-refractivity contribution in [3.05, 3.63) is 35.4 Å². The van der Waals surface area contributed by atoms with Gasteiger partial charge < -0.3 is 10.1 Å². The van der Waals surface area contributed by atoms with Crippen molar-refractivity contribution in [1.82, 2.24) is 5.32 Å². The SMILES string of the molecule is CNC(c1cccc(C(F)(F)F)c1)C1CCCOC1. The molecule has 2 rings (SSSR count). The number of alkyl halides is 3. The van der Waals surface area contributed by atoms with E-state index in [0.717, 1.165) is 25.5 Å². The van der Waals surface area contributed by atoms with Crippen LogP contribution in [0.25, 0.3) is 0 Å². The van der Waals surface area contributed by atoms with Gasteiger partial charge in [0.2, 0.25) is 0 Å². The highest BCUT2D eigenvalue weighted by atomic mass is 19.4. The summed E-state index contributed by atoms with van der Waals surface area (Å²) in [5, 5.41) is 3.12. The van der Waals surface area contributed by atoms with Gasteiger partial charge in [-0.15, -0.1) is 0 Å². The maximum absolute atomic E-state index is 12.7. The molecule has 5 heteroatoms. The van der Waals surface area contributed by atoms with Crippen LogP contribution in [0.4, 0.5) is 13.2 Å². The van der Waals surface area contributed by atoms with E-state index in [9.17, 15) is 13.2 Å². The van der Waals surface area contributed by atoms with Gasteiger partial charge >= 0.3 is 6.18 Å². The number of rotatable bonds is 3. The first-order chi connectivity index (χ1) is 9.02. The molecule has 1 N–H and O–H groups in total. The molecule has 1 aliphatic heterocycles. The Labute approximate surface area is 111 Å². The fourth-order valence-electron chi connectivity index (χ4n) is 2.61. The van der Waals surface area contributed by atoms with Crippen molar-refractivity contribution in [1.29, 1.82) is 0 Å². The maximum Gasteiger partial charge on any atom is 0.416 e. The summed E-state index contributed by atoms with van der Waals surface area (Å²) in [6.45, 7) is 1.34. The molecular formula is C14H18F3NO. The highest BCUT2D eigenvalue weighted by Gasteiger charge is 2.32. The summed E-state index contributed by atoms with van der Waals surface area (Å²) in [5.41, 5.74) is 0.0785. The summed E-state index contributed by atoms with van der Waals surface area (Å²) >= 11 is 0. The lowest BCUT2D eigenvalue weighted by Gasteiger charge is -2.30. The van der Waals surface area contributed by atoms with Crippen LogP contribution in [-0.4, -0.2) is 20.3 Å². The van der Waals surface area contributed by atoms with E-state index < -0.39 is 11.7 Å². The van der Waals surface area contributed by atoms with Gasteiger partial charge in [0.25, 0.3) is 0 Å². The first-order valence-electron chi connectivity index (χ1n) is 6.44. The summed E-state index contributed by atoms with van der Waals surface area (Å²) in [7, 11) is 1.78. The van der Waals surface area contributed by atoms with Crippen LogP contribution in [0.3, 0.4) is 0 Å². The minimum absolute atomic E-state index is 0.0948. The van der Waals surface area contributed by atoms with Crippen LogP contribution in [0.15, 0.2) is 24.3 Å². The van der Waals surface area contributed by atoms with Crippen molar-refractivity contribution in [2.24, 2.45) is 5.92 Å². The van der Waals surface area contributed by atoms with Crippen LogP contribution in [0.1, 0.15) is 30.0 Å². The quantitative estimate of drug-likeness (QED) is 0.911. The number of halogens is 3. The van der Waals surface area contributed by atoms with Crippen LogP contribution in [-0.2, 0) is 10.9 Å². The van der Waals surface area contributed by atoms with Crippen LogP contribution in [0.2, 0.25) is 0 Å². The lowest BCUT2D eigenvalue weighted by Crippen LogP contribution is -2.31. The second-order valence-corrected chi connectivity index (χ2v) is 4.87. The third-order valence-electron chi connectivity index (χ3n) is 3.55. The molecule has 1 saturated heterocycles. The molecule has 0 amide bonds. The van der Waals surface area contributed by atoms with E-state index in [0.29, 0.717) is 12.2 Å². The van der Waals surface area contributed by atoms with E-state index in [1.165, 1.54) is 12.1 Å². The molecule has 0 spiro atoms. The normalized spacial score (nSPS) is 22.2. The maximum atomic E-state index is 12.7. The third kappa shape index (κ3) is 3.48. The molecule has 0 radical (unpaired) electrons. The zero-order chi connectivity index (χ0) is 13.9. The van der Waals surface area contributed by atoms with Crippen molar-refractivity contribution in [3.8, 4) is 0 Å². The van der Waals surface area contributed by atoms with E-state index in [1.807, 2.05) is 0 Å². The molecule has 2 unspecified atom stereocenters. The van der Waals surface area contributed by atoms with E-state index in [4.69, 9.17) is 4.74 Å². The molecule has 1 aromatic rings. The second-order valence-electron chi connectivity index (χ2n) is 4.87. The first kappa shape index (κ1) is 14.3. The Hall–Kier alpha value is -1.07. The highest BCUT2D eigenvalue weighted by molar-refractivity contribution is 5.28.